The molecule has 14 heavy (non-hydrogen) atoms. The van der Waals surface area contributed by atoms with Gasteiger partial charge in [0.1, 0.15) is 0 Å². The third kappa shape index (κ3) is 2.38. The molecule has 1 heteroatoms. The molecule has 0 N–H and O–H groups in total. The average molecular weight is 189 g/mol. The average Bonchev–Trinajstić information content (AvgIpc) is 2.27. The van der Waals surface area contributed by atoms with Gasteiger partial charge in [0.15, 0.2) is 0 Å². The molecule has 0 aromatic heterocycles. The third-order valence-electron chi connectivity index (χ3n) is 2.45. The van der Waals surface area contributed by atoms with Crippen LogP contribution in [0.1, 0.15) is 26.3 Å². The zero-order chi connectivity index (χ0) is 10.4. The summed E-state index contributed by atoms with van der Waals surface area (Å²) in [5.41, 5.74) is 2.63. The molecule has 0 aliphatic rings. The van der Waals surface area contributed by atoms with Crippen LogP contribution >= 0.6 is 0 Å². The lowest BCUT2D eigenvalue weighted by molar-refractivity contribution is 0.441. The molecule has 0 fully saturated rings. The second-order valence-electron chi connectivity index (χ2n) is 3.21. The minimum absolute atomic E-state index is 1.06. The third-order valence-corrected chi connectivity index (χ3v) is 2.45. The van der Waals surface area contributed by atoms with Crippen molar-refractivity contribution in [3.63, 3.8) is 0 Å². The highest BCUT2D eigenvalue weighted by Crippen LogP contribution is 2.17. The first-order chi connectivity index (χ1) is 6.83. The van der Waals surface area contributed by atoms with Gasteiger partial charge in [-0.15, -0.1) is 0 Å². The van der Waals surface area contributed by atoms with E-state index < -0.39 is 0 Å². The number of rotatable bonds is 4. The first-order valence-electron chi connectivity index (χ1n) is 5.30. The van der Waals surface area contributed by atoms with Crippen molar-refractivity contribution in [2.24, 2.45) is 0 Å². The van der Waals surface area contributed by atoms with Crippen molar-refractivity contribution in [3.05, 3.63) is 42.0 Å². The molecule has 0 atom stereocenters. The van der Waals surface area contributed by atoms with E-state index in [1.54, 1.807) is 0 Å². The van der Waals surface area contributed by atoms with E-state index in [9.17, 15) is 0 Å². The summed E-state index contributed by atoms with van der Waals surface area (Å²) in [6, 6.07) is 10.5. The summed E-state index contributed by atoms with van der Waals surface area (Å²) in [6.07, 6.45) is 2.18. The Labute approximate surface area is 87.1 Å². The summed E-state index contributed by atoms with van der Waals surface area (Å²) in [6.45, 7) is 8.60. The monoisotopic (exact) mass is 189 g/mol. The number of hydrogen-bond acceptors (Lipinski definition) is 1. The Morgan fingerprint density at radius 2 is 1.71 bits per heavy atom. The fourth-order valence-corrected chi connectivity index (χ4v) is 1.71. The summed E-state index contributed by atoms with van der Waals surface area (Å²) in [5, 5.41) is 0. The van der Waals surface area contributed by atoms with Crippen LogP contribution in [0.3, 0.4) is 0 Å². The molecule has 76 valence electrons. The Morgan fingerprint density at radius 3 is 2.14 bits per heavy atom. The van der Waals surface area contributed by atoms with Crippen LogP contribution in [0.2, 0.25) is 0 Å². The van der Waals surface area contributed by atoms with Crippen molar-refractivity contribution in [1.82, 2.24) is 4.90 Å². The maximum Gasteiger partial charge on any atom is 0.0396 e. The van der Waals surface area contributed by atoms with Crippen molar-refractivity contribution < 1.29 is 0 Å². The van der Waals surface area contributed by atoms with Crippen LogP contribution in [0.15, 0.2) is 36.4 Å². The number of nitrogens with zero attached hydrogens (tertiary/aromatic N) is 1. The van der Waals surface area contributed by atoms with E-state index in [2.05, 4.69) is 62.1 Å². The van der Waals surface area contributed by atoms with E-state index in [1.807, 2.05) is 0 Å². The summed E-state index contributed by atoms with van der Waals surface area (Å²) >= 11 is 0. The highest BCUT2D eigenvalue weighted by Gasteiger charge is 2.05. The standard InChI is InChI=1S/C13H19N/c1-4-13(14(5-2)6-3)12-10-8-7-9-11-12/h4,7-11H,5-6H2,1-3H3. The Balaban J connectivity index is 2.94. The molecule has 0 radical (unpaired) electrons. The molecule has 0 heterocycles. The van der Waals surface area contributed by atoms with Crippen LogP contribution in [0.5, 0.6) is 0 Å². The van der Waals surface area contributed by atoms with Gasteiger partial charge in [0.25, 0.3) is 0 Å². The molecule has 0 saturated carbocycles. The van der Waals surface area contributed by atoms with Gasteiger partial charge in [-0.2, -0.15) is 0 Å². The normalized spacial score (nSPS) is 11.5. The first-order valence-corrected chi connectivity index (χ1v) is 5.30. The van der Waals surface area contributed by atoms with Gasteiger partial charge in [-0.3, -0.25) is 0 Å². The maximum atomic E-state index is 2.37. The smallest absolute Gasteiger partial charge is 0.0396 e. The second-order valence-corrected chi connectivity index (χ2v) is 3.21. The van der Waals surface area contributed by atoms with Gasteiger partial charge >= 0.3 is 0 Å². The Bertz CT molecular complexity index is 283. The zero-order valence-electron chi connectivity index (χ0n) is 9.33. The van der Waals surface area contributed by atoms with Crippen molar-refractivity contribution >= 4 is 5.70 Å². The van der Waals surface area contributed by atoms with Crippen LogP contribution in [-0.4, -0.2) is 18.0 Å². The number of allylic oxidation sites excluding steroid dienone is 1. The van der Waals surface area contributed by atoms with Crippen LogP contribution < -0.4 is 0 Å². The first kappa shape index (κ1) is 10.8. The molecule has 1 aromatic rings. The predicted molar refractivity (Wildman–Crippen MR) is 63.0 cm³/mol. The van der Waals surface area contributed by atoms with Crippen molar-refractivity contribution in [2.45, 2.75) is 20.8 Å². The molecular formula is C13H19N. The Morgan fingerprint density at radius 1 is 1.14 bits per heavy atom. The van der Waals surface area contributed by atoms with E-state index in [-0.39, 0.29) is 0 Å². The molecule has 1 nitrogen and oxygen atoms in total. The molecule has 0 spiro atoms. The fourth-order valence-electron chi connectivity index (χ4n) is 1.71. The van der Waals surface area contributed by atoms with Gasteiger partial charge in [-0.05, 0) is 26.3 Å². The SMILES string of the molecule is CC=C(c1ccccc1)N(CC)CC. The largest absolute Gasteiger partial charge is 0.372 e. The van der Waals surface area contributed by atoms with E-state index >= 15 is 0 Å². The molecule has 0 unspecified atom stereocenters. The molecule has 0 saturated heterocycles. The predicted octanol–water partition coefficient (Wildman–Crippen LogP) is 3.39. The van der Waals surface area contributed by atoms with E-state index in [1.165, 1.54) is 11.3 Å². The van der Waals surface area contributed by atoms with Gasteiger partial charge in [-0.25, -0.2) is 0 Å². The summed E-state index contributed by atoms with van der Waals surface area (Å²) in [5.74, 6) is 0. The van der Waals surface area contributed by atoms with Crippen LogP contribution in [-0.2, 0) is 0 Å². The highest BCUT2D eigenvalue weighted by atomic mass is 15.1. The summed E-state index contributed by atoms with van der Waals surface area (Å²) in [7, 11) is 0. The molecule has 0 amide bonds. The van der Waals surface area contributed by atoms with E-state index in [0.717, 1.165) is 13.1 Å². The minimum atomic E-state index is 1.06. The maximum absolute atomic E-state index is 2.37. The lowest BCUT2D eigenvalue weighted by Gasteiger charge is -2.24. The van der Waals surface area contributed by atoms with Crippen molar-refractivity contribution in [3.8, 4) is 0 Å². The highest BCUT2D eigenvalue weighted by molar-refractivity contribution is 5.63. The van der Waals surface area contributed by atoms with Gasteiger partial charge < -0.3 is 4.90 Å². The second kappa shape index (κ2) is 5.48. The van der Waals surface area contributed by atoms with Crippen LogP contribution in [0.4, 0.5) is 0 Å². The minimum Gasteiger partial charge on any atom is -0.372 e. The van der Waals surface area contributed by atoms with Gasteiger partial charge in [0, 0.05) is 18.8 Å². The van der Waals surface area contributed by atoms with E-state index in [4.69, 9.17) is 0 Å². The zero-order valence-corrected chi connectivity index (χ0v) is 9.33. The molecule has 0 aliphatic heterocycles. The topological polar surface area (TPSA) is 3.24 Å². The molecule has 0 bridgehead atoms. The van der Waals surface area contributed by atoms with Crippen LogP contribution in [0.25, 0.3) is 5.70 Å². The molecular weight excluding hydrogens is 170 g/mol. The Kier molecular flexibility index (Phi) is 4.24. The number of benzene rings is 1. The van der Waals surface area contributed by atoms with E-state index in [0.29, 0.717) is 0 Å². The molecule has 0 aliphatic carbocycles. The van der Waals surface area contributed by atoms with Gasteiger partial charge in [-0.1, -0.05) is 36.4 Å². The summed E-state index contributed by atoms with van der Waals surface area (Å²) in [4.78, 5) is 2.37. The number of hydrogen-bond donors (Lipinski definition) is 0. The molecule has 1 rings (SSSR count). The van der Waals surface area contributed by atoms with Crippen LogP contribution in [0, 0.1) is 0 Å². The lowest BCUT2D eigenvalue weighted by Crippen LogP contribution is -2.21. The van der Waals surface area contributed by atoms with Crippen molar-refractivity contribution in [2.75, 3.05) is 13.1 Å². The lowest BCUT2D eigenvalue weighted by atomic mass is 10.1. The quantitative estimate of drug-likeness (QED) is 0.701. The van der Waals surface area contributed by atoms with Crippen molar-refractivity contribution in [1.29, 1.82) is 0 Å². The summed E-state index contributed by atoms with van der Waals surface area (Å²) < 4.78 is 0. The molecule has 1 aromatic carbocycles. The Hall–Kier alpha value is -1.24. The van der Waals surface area contributed by atoms with Gasteiger partial charge in [0.05, 0.1) is 0 Å². The fraction of sp³-hybridized carbons (Fsp3) is 0.385. The van der Waals surface area contributed by atoms with Gasteiger partial charge in [0.2, 0.25) is 0 Å².